The summed E-state index contributed by atoms with van der Waals surface area (Å²) in [6, 6.07) is -0.623. The third-order valence-electron chi connectivity index (χ3n) is 2.38. The van der Waals surface area contributed by atoms with Gasteiger partial charge in [-0.25, -0.2) is 0 Å². The third kappa shape index (κ3) is 3.32. The predicted octanol–water partition coefficient (Wildman–Crippen LogP) is 1.23. The molecule has 0 aromatic rings. The quantitative estimate of drug-likeness (QED) is 0.515. The maximum Gasteiger partial charge on any atom is 0.325 e. The molecule has 1 rings (SSSR count). The van der Waals surface area contributed by atoms with Gasteiger partial charge in [0.1, 0.15) is 12.1 Å². The summed E-state index contributed by atoms with van der Waals surface area (Å²) in [6.07, 6.45) is 5.50. The molecule has 13 heavy (non-hydrogen) atoms. The first kappa shape index (κ1) is 10.5. The second kappa shape index (κ2) is 5.19. The average Bonchev–Trinajstić information content (AvgIpc) is 2.18. The molecule has 0 bridgehead atoms. The molecule has 1 atom stereocenters. The molecule has 1 saturated carbocycles. The number of hydrogen-bond donors (Lipinski definition) is 2. The summed E-state index contributed by atoms with van der Waals surface area (Å²) in [5.41, 5.74) is 1.88. The van der Waals surface area contributed by atoms with E-state index >= 15 is 0 Å². The van der Waals surface area contributed by atoms with E-state index in [-0.39, 0.29) is 12.1 Å². The molecule has 0 aromatic carbocycles. The first-order valence-corrected chi connectivity index (χ1v) is 4.84. The van der Waals surface area contributed by atoms with Gasteiger partial charge in [0.25, 0.3) is 0 Å². The summed E-state index contributed by atoms with van der Waals surface area (Å²) in [7, 11) is 0. The molecule has 76 valence electrons. The van der Waals surface area contributed by atoms with Gasteiger partial charge in [-0.05, 0) is 32.6 Å². The number of hydrogen-bond acceptors (Lipinski definition) is 4. The van der Waals surface area contributed by atoms with Crippen LogP contribution >= 0.6 is 0 Å². The molecule has 0 spiro atoms. The molecule has 0 aromatic heterocycles. The fraction of sp³-hybridized carbons (Fsp3) is 0.889. The topological polar surface area (TPSA) is 58.6 Å². The Morgan fingerprint density at radius 2 is 2.08 bits per heavy atom. The maximum absolute atomic E-state index is 11.2. The van der Waals surface area contributed by atoms with E-state index in [9.17, 15) is 4.79 Å². The van der Waals surface area contributed by atoms with Crippen molar-refractivity contribution in [2.45, 2.75) is 51.2 Å². The molecule has 0 amide bonds. The van der Waals surface area contributed by atoms with Crippen LogP contribution in [0.5, 0.6) is 0 Å². The Balaban J connectivity index is 2.26. The van der Waals surface area contributed by atoms with E-state index in [0.717, 1.165) is 25.7 Å². The van der Waals surface area contributed by atoms with Crippen molar-refractivity contribution in [1.82, 2.24) is 5.48 Å². The van der Waals surface area contributed by atoms with Crippen LogP contribution in [0, 0.1) is 0 Å². The molecule has 1 fully saturated rings. The lowest BCUT2D eigenvalue weighted by Gasteiger charge is -2.23. The number of esters is 1. The Hall–Kier alpha value is -0.610. The van der Waals surface area contributed by atoms with Crippen molar-refractivity contribution in [1.29, 1.82) is 0 Å². The Morgan fingerprint density at radius 1 is 1.46 bits per heavy atom. The van der Waals surface area contributed by atoms with Crippen molar-refractivity contribution in [2.24, 2.45) is 0 Å². The maximum atomic E-state index is 11.2. The first-order valence-electron chi connectivity index (χ1n) is 4.84. The van der Waals surface area contributed by atoms with Gasteiger partial charge in [-0.2, -0.15) is 5.48 Å². The van der Waals surface area contributed by atoms with E-state index in [1.165, 1.54) is 6.42 Å². The van der Waals surface area contributed by atoms with Crippen LogP contribution in [0.25, 0.3) is 0 Å². The number of carbonyl (C=O) groups is 1. The lowest BCUT2D eigenvalue weighted by molar-refractivity contribution is -0.155. The lowest BCUT2D eigenvalue weighted by Crippen LogP contribution is -2.35. The van der Waals surface area contributed by atoms with Gasteiger partial charge in [0.2, 0.25) is 0 Å². The highest BCUT2D eigenvalue weighted by molar-refractivity contribution is 5.75. The molecule has 0 heterocycles. The smallest absolute Gasteiger partial charge is 0.325 e. The second-order valence-electron chi connectivity index (χ2n) is 3.55. The molecule has 4 heteroatoms. The third-order valence-corrected chi connectivity index (χ3v) is 2.38. The van der Waals surface area contributed by atoms with Crippen molar-refractivity contribution >= 4 is 5.97 Å². The summed E-state index contributed by atoms with van der Waals surface area (Å²) in [6.45, 7) is 1.57. The van der Waals surface area contributed by atoms with Gasteiger partial charge in [0.05, 0.1) is 0 Å². The number of hydroxylamine groups is 1. The zero-order chi connectivity index (χ0) is 9.68. The van der Waals surface area contributed by atoms with Crippen molar-refractivity contribution in [2.75, 3.05) is 0 Å². The van der Waals surface area contributed by atoms with Gasteiger partial charge in [-0.15, -0.1) is 0 Å². The molecule has 0 radical (unpaired) electrons. The molecular weight excluding hydrogens is 170 g/mol. The van der Waals surface area contributed by atoms with Gasteiger partial charge in [-0.3, -0.25) is 4.79 Å². The summed E-state index contributed by atoms with van der Waals surface area (Å²) < 4.78 is 5.18. The highest BCUT2D eigenvalue weighted by Gasteiger charge is 2.20. The van der Waals surface area contributed by atoms with Crippen molar-refractivity contribution in [3.8, 4) is 0 Å². The van der Waals surface area contributed by atoms with E-state index in [4.69, 9.17) is 9.94 Å². The van der Waals surface area contributed by atoms with Crippen LogP contribution in [0.3, 0.4) is 0 Å². The summed E-state index contributed by atoms with van der Waals surface area (Å²) in [4.78, 5) is 11.2. The zero-order valence-corrected chi connectivity index (χ0v) is 7.95. The van der Waals surface area contributed by atoms with Gasteiger partial charge >= 0.3 is 5.97 Å². The van der Waals surface area contributed by atoms with Crippen molar-refractivity contribution in [3.05, 3.63) is 0 Å². The van der Waals surface area contributed by atoms with Crippen LogP contribution < -0.4 is 5.48 Å². The summed E-state index contributed by atoms with van der Waals surface area (Å²) in [5.74, 6) is -0.366. The summed E-state index contributed by atoms with van der Waals surface area (Å²) in [5, 5.41) is 8.48. The fourth-order valence-corrected chi connectivity index (χ4v) is 1.50. The highest BCUT2D eigenvalue weighted by Crippen LogP contribution is 2.20. The second-order valence-corrected chi connectivity index (χ2v) is 3.55. The van der Waals surface area contributed by atoms with Crippen LogP contribution in [-0.2, 0) is 9.53 Å². The van der Waals surface area contributed by atoms with Crippen LogP contribution in [-0.4, -0.2) is 23.3 Å². The lowest BCUT2D eigenvalue weighted by atomic mass is 9.98. The standard InChI is InChI=1S/C9H17NO3/c1-7(10-12)9(11)13-8-5-3-2-4-6-8/h7-8,10,12H,2-6H2,1H3/t7-/m0/s1. The normalized spacial score (nSPS) is 21.1. The molecule has 4 nitrogen and oxygen atoms in total. The van der Waals surface area contributed by atoms with E-state index in [2.05, 4.69) is 0 Å². The SMILES string of the molecule is C[C@H](NO)C(=O)OC1CCCCC1. The predicted molar refractivity (Wildman–Crippen MR) is 47.3 cm³/mol. The van der Waals surface area contributed by atoms with Crippen LogP contribution in [0.1, 0.15) is 39.0 Å². The van der Waals surface area contributed by atoms with E-state index in [0.29, 0.717) is 0 Å². The van der Waals surface area contributed by atoms with Crippen LogP contribution in [0.2, 0.25) is 0 Å². The average molecular weight is 187 g/mol. The molecule has 0 aliphatic heterocycles. The number of rotatable bonds is 3. The number of ether oxygens (including phenoxy) is 1. The Labute approximate surface area is 78.2 Å². The summed E-state index contributed by atoms with van der Waals surface area (Å²) >= 11 is 0. The molecular formula is C9H17NO3. The fourth-order valence-electron chi connectivity index (χ4n) is 1.50. The first-order chi connectivity index (χ1) is 6.24. The minimum absolute atomic E-state index is 0.0667. The minimum atomic E-state index is -0.623. The van der Waals surface area contributed by atoms with Crippen molar-refractivity contribution in [3.63, 3.8) is 0 Å². The monoisotopic (exact) mass is 187 g/mol. The van der Waals surface area contributed by atoms with Gasteiger partial charge in [0, 0.05) is 0 Å². The molecule has 0 unspecified atom stereocenters. The van der Waals surface area contributed by atoms with Crippen LogP contribution in [0.4, 0.5) is 0 Å². The van der Waals surface area contributed by atoms with Crippen LogP contribution in [0.15, 0.2) is 0 Å². The Bertz CT molecular complexity index is 166. The Morgan fingerprint density at radius 3 is 2.62 bits per heavy atom. The van der Waals surface area contributed by atoms with E-state index < -0.39 is 6.04 Å². The molecule has 0 saturated heterocycles. The largest absolute Gasteiger partial charge is 0.461 e. The molecule has 2 N–H and O–H groups in total. The van der Waals surface area contributed by atoms with E-state index in [1.807, 2.05) is 5.48 Å². The Kier molecular flexibility index (Phi) is 4.18. The number of carbonyl (C=O) groups excluding carboxylic acids is 1. The van der Waals surface area contributed by atoms with Gasteiger partial charge < -0.3 is 9.94 Å². The highest BCUT2D eigenvalue weighted by atomic mass is 16.6. The van der Waals surface area contributed by atoms with Gasteiger partial charge in [0.15, 0.2) is 0 Å². The van der Waals surface area contributed by atoms with Gasteiger partial charge in [-0.1, -0.05) is 6.42 Å². The molecule has 1 aliphatic rings. The van der Waals surface area contributed by atoms with E-state index in [1.54, 1.807) is 6.92 Å². The van der Waals surface area contributed by atoms with Crippen molar-refractivity contribution < 1.29 is 14.7 Å². The number of nitrogens with one attached hydrogen (secondary N) is 1. The molecule has 1 aliphatic carbocycles. The minimum Gasteiger partial charge on any atom is -0.461 e. The zero-order valence-electron chi connectivity index (χ0n) is 7.95.